The number of anilines is 1. The maximum Gasteiger partial charge on any atom is 0.202 e. The van der Waals surface area contributed by atoms with Gasteiger partial charge in [-0.3, -0.25) is 0 Å². The second-order valence-electron chi connectivity index (χ2n) is 5.32. The summed E-state index contributed by atoms with van der Waals surface area (Å²) >= 11 is 0. The van der Waals surface area contributed by atoms with Crippen LogP contribution in [0.3, 0.4) is 0 Å². The fourth-order valence-electron chi connectivity index (χ4n) is 2.13. The fourth-order valence-corrected chi connectivity index (χ4v) is 2.13. The predicted octanol–water partition coefficient (Wildman–Crippen LogP) is 3.20. The van der Waals surface area contributed by atoms with E-state index < -0.39 is 0 Å². The van der Waals surface area contributed by atoms with E-state index in [0.717, 1.165) is 31.2 Å². The molecule has 0 saturated heterocycles. The van der Waals surface area contributed by atoms with Crippen LogP contribution in [0.25, 0.3) is 0 Å². The molecule has 0 unspecified atom stereocenters. The zero-order valence-electron chi connectivity index (χ0n) is 12.5. The molecule has 0 atom stereocenters. The van der Waals surface area contributed by atoms with E-state index in [-0.39, 0.29) is 0 Å². The second kappa shape index (κ2) is 6.98. The van der Waals surface area contributed by atoms with Crippen molar-refractivity contribution in [3.8, 4) is 5.75 Å². The van der Waals surface area contributed by atoms with Gasteiger partial charge in [-0.15, -0.1) is 0 Å². The van der Waals surface area contributed by atoms with Gasteiger partial charge in [0.05, 0.1) is 7.11 Å². The van der Waals surface area contributed by atoms with Crippen LogP contribution in [0, 0.1) is 5.92 Å². The summed E-state index contributed by atoms with van der Waals surface area (Å²) < 4.78 is 7.32. The van der Waals surface area contributed by atoms with Gasteiger partial charge in [-0.05, 0) is 30.0 Å². The number of hydrogen-bond acceptors (Lipinski definition) is 3. The standard InChI is InChI=1S/C16H23N3O/c1-13(2)12-19-11-10-18-16(19)17-9-8-14-4-6-15(20-3)7-5-14/h4-7,10-11,13H,8-9,12H2,1-3H3,(H,17,18). The first-order valence-electron chi connectivity index (χ1n) is 7.07. The summed E-state index contributed by atoms with van der Waals surface area (Å²) in [5.74, 6) is 2.47. The Bertz CT molecular complexity index is 517. The molecule has 0 aliphatic heterocycles. The Morgan fingerprint density at radius 2 is 2.00 bits per heavy atom. The maximum atomic E-state index is 5.16. The van der Waals surface area contributed by atoms with Gasteiger partial charge in [0.2, 0.25) is 5.95 Å². The van der Waals surface area contributed by atoms with Gasteiger partial charge in [-0.2, -0.15) is 0 Å². The van der Waals surface area contributed by atoms with Crippen molar-refractivity contribution < 1.29 is 4.74 Å². The molecule has 108 valence electrons. The summed E-state index contributed by atoms with van der Waals surface area (Å²) in [5, 5.41) is 3.40. The van der Waals surface area contributed by atoms with Gasteiger partial charge >= 0.3 is 0 Å². The molecule has 1 heterocycles. The van der Waals surface area contributed by atoms with Crippen molar-refractivity contribution >= 4 is 5.95 Å². The van der Waals surface area contributed by atoms with Crippen molar-refractivity contribution in [1.82, 2.24) is 9.55 Å². The molecule has 20 heavy (non-hydrogen) atoms. The van der Waals surface area contributed by atoms with Crippen LogP contribution in [-0.2, 0) is 13.0 Å². The highest BCUT2D eigenvalue weighted by molar-refractivity contribution is 5.29. The molecule has 0 fully saturated rings. The monoisotopic (exact) mass is 273 g/mol. The molecule has 0 bridgehead atoms. The number of aromatic nitrogens is 2. The summed E-state index contributed by atoms with van der Waals surface area (Å²) in [7, 11) is 1.69. The molecule has 4 nitrogen and oxygen atoms in total. The number of ether oxygens (including phenoxy) is 1. The smallest absolute Gasteiger partial charge is 0.202 e. The lowest BCUT2D eigenvalue weighted by molar-refractivity contribution is 0.414. The Morgan fingerprint density at radius 3 is 2.65 bits per heavy atom. The molecule has 0 aliphatic carbocycles. The Labute approximate surface area is 120 Å². The van der Waals surface area contributed by atoms with Crippen molar-refractivity contribution in [2.45, 2.75) is 26.8 Å². The first kappa shape index (κ1) is 14.4. The minimum atomic E-state index is 0.617. The topological polar surface area (TPSA) is 39.1 Å². The van der Waals surface area contributed by atoms with Crippen LogP contribution in [-0.4, -0.2) is 23.2 Å². The average Bonchev–Trinajstić information content (AvgIpc) is 2.86. The number of rotatable bonds is 7. The molecule has 2 aromatic rings. The van der Waals surface area contributed by atoms with E-state index in [1.807, 2.05) is 24.5 Å². The van der Waals surface area contributed by atoms with Crippen molar-refractivity contribution in [1.29, 1.82) is 0 Å². The minimum Gasteiger partial charge on any atom is -0.497 e. The Morgan fingerprint density at radius 1 is 1.25 bits per heavy atom. The third-order valence-electron chi connectivity index (χ3n) is 3.13. The maximum absolute atomic E-state index is 5.16. The number of benzene rings is 1. The van der Waals surface area contributed by atoms with E-state index in [1.54, 1.807) is 7.11 Å². The largest absolute Gasteiger partial charge is 0.497 e. The molecular formula is C16H23N3O. The fraction of sp³-hybridized carbons (Fsp3) is 0.438. The van der Waals surface area contributed by atoms with Crippen molar-refractivity contribution in [3.05, 3.63) is 42.2 Å². The summed E-state index contributed by atoms with van der Waals surface area (Å²) in [6.07, 6.45) is 4.84. The molecule has 1 N–H and O–H groups in total. The Kier molecular flexibility index (Phi) is 5.04. The molecule has 0 aliphatic rings. The highest BCUT2D eigenvalue weighted by Gasteiger charge is 2.03. The van der Waals surface area contributed by atoms with Crippen LogP contribution in [0.2, 0.25) is 0 Å². The molecule has 0 radical (unpaired) electrons. The normalized spacial score (nSPS) is 10.8. The molecule has 0 saturated carbocycles. The summed E-state index contributed by atoms with van der Waals surface area (Å²) in [6.45, 7) is 6.29. The SMILES string of the molecule is COc1ccc(CCNc2nccn2CC(C)C)cc1. The second-order valence-corrected chi connectivity index (χ2v) is 5.32. The van der Waals surface area contributed by atoms with Crippen molar-refractivity contribution in [2.24, 2.45) is 5.92 Å². The highest BCUT2D eigenvalue weighted by atomic mass is 16.5. The minimum absolute atomic E-state index is 0.617. The van der Waals surface area contributed by atoms with E-state index in [2.05, 4.69) is 40.8 Å². The molecule has 0 spiro atoms. The zero-order chi connectivity index (χ0) is 14.4. The summed E-state index contributed by atoms with van der Waals surface area (Å²) in [6, 6.07) is 8.19. The number of hydrogen-bond donors (Lipinski definition) is 1. The van der Waals surface area contributed by atoms with Gasteiger partial charge in [0.15, 0.2) is 0 Å². The van der Waals surface area contributed by atoms with Gasteiger partial charge in [0.1, 0.15) is 5.75 Å². The Hall–Kier alpha value is -1.97. The lowest BCUT2D eigenvalue weighted by Crippen LogP contribution is -2.12. The van der Waals surface area contributed by atoms with E-state index in [0.29, 0.717) is 5.92 Å². The lowest BCUT2D eigenvalue weighted by atomic mass is 10.1. The van der Waals surface area contributed by atoms with Gasteiger partial charge in [0, 0.05) is 25.5 Å². The van der Waals surface area contributed by atoms with Crippen molar-refractivity contribution in [2.75, 3.05) is 19.0 Å². The number of nitrogens with zero attached hydrogens (tertiary/aromatic N) is 2. The number of nitrogens with one attached hydrogen (secondary N) is 1. The molecule has 0 amide bonds. The van der Waals surface area contributed by atoms with Crippen LogP contribution in [0.5, 0.6) is 5.75 Å². The lowest BCUT2D eigenvalue weighted by Gasteiger charge is -2.11. The predicted molar refractivity (Wildman–Crippen MR) is 82.3 cm³/mol. The van der Waals surface area contributed by atoms with E-state index in [4.69, 9.17) is 4.74 Å². The van der Waals surface area contributed by atoms with Crippen LogP contribution in [0.15, 0.2) is 36.7 Å². The average molecular weight is 273 g/mol. The number of imidazole rings is 1. The van der Waals surface area contributed by atoms with Crippen LogP contribution in [0.4, 0.5) is 5.95 Å². The van der Waals surface area contributed by atoms with Gasteiger partial charge < -0.3 is 14.6 Å². The van der Waals surface area contributed by atoms with E-state index in [1.165, 1.54) is 5.56 Å². The summed E-state index contributed by atoms with van der Waals surface area (Å²) in [5.41, 5.74) is 1.29. The molecular weight excluding hydrogens is 250 g/mol. The van der Waals surface area contributed by atoms with Crippen LogP contribution >= 0.6 is 0 Å². The first-order chi connectivity index (χ1) is 9.69. The van der Waals surface area contributed by atoms with Crippen LogP contribution < -0.4 is 10.1 Å². The zero-order valence-corrected chi connectivity index (χ0v) is 12.5. The highest BCUT2D eigenvalue weighted by Crippen LogP contribution is 2.12. The quantitative estimate of drug-likeness (QED) is 0.842. The Balaban J connectivity index is 1.84. The first-order valence-corrected chi connectivity index (χ1v) is 7.07. The molecule has 1 aromatic heterocycles. The third kappa shape index (κ3) is 4.02. The van der Waals surface area contributed by atoms with Crippen LogP contribution in [0.1, 0.15) is 19.4 Å². The summed E-state index contributed by atoms with van der Waals surface area (Å²) in [4.78, 5) is 4.36. The molecule has 2 rings (SSSR count). The van der Waals surface area contributed by atoms with E-state index >= 15 is 0 Å². The van der Waals surface area contributed by atoms with Gasteiger partial charge in [-0.25, -0.2) is 4.98 Å². The molecule has 4 heteroatoms. The van der Waals surface area contributed by atoms with Gasteiger partial charge in [-0.1, -0.05) is 26.0 Å². The van der Waals surface area contributed by atoms with Crippen molar-refractivity contribution in [3.63, 3.8) is 0 Å². The van der Waals surface area contributed by atoms with E-state index in [9.17, 15) is 0 Å². The third-order valence-corrected chi connectivity index (χ3v) is 3.13. The number of methoxy groups -OCH3 is 1. The van der Waals surface area contributed by atoms with Gasteiger partial charge in [0.25, 0.3) is 0 Å². The molecule has 1 aromatic carbocycles.